The van der Waals surface area contributed by atoms with E-state index < -0.39 is 5.91 Å². The van der Waals surface area contributed by atoms with Crippen LogP contribution in [0.4, 0.5) is 5.69 Å². The smallest absolute Gasteiger partial charge is 0.283 e. The van der Waals surface area contributed by atoms with Gasteiger partial charge in [-0.25, -0.2) is 4.90 Å². The van der Waals surface area contributed by atoms with Crippen molar-refractivity contribution in [2.45, 2.75) is 13.0 Å². The highest BCUT2D eigenvalue weighted by Crippen LogP contribution is 2.34. The Morgan fingerprint density at radius 1 is 0.962 bits per heavy atom. The van der Waals surface area contributed by atoms with E-state index in [0.717, 1.165) is 16.9 Å². The van der Waals surface area contributed by atoms with Crippen molar-refractivity contribution in [1.29, 1.82) is 0 Å². The van der Waals surface area contributed by atoms with Crippen LogP contribution < -0.4 is 9.64 Å². The number of ether oxygens (including phenoxy) is 1. The maximum Gasteiger partial charge on any atom is 0.283 e. The molecule has 0 aromatic heterocycles. The van der Waals surface area contributed by atoms with Gasteiger partial charge in [-0.1, -0.05) is 35.9 Å². The fourth-order valence-electron chi connectivity index (χ4n) is 3.42. The molecule has 132 valence electrons. The summed E-state index contributed by atoms with van der Waals surface area (Å²) in [6.07, 6.45) is 0.813. The number of hydrogen-bond acceptors (Lipinski definition) is 4. The fraction of sp³-hybridized carbons (Fsp3) is 0.200. The van der Waals surface area contributed by atoms with Gasteiger partial charge in [-0.3, -0.25) is 9.59 Å². The van der Waals surface area contributed by atoms with E-state index in [0.29, 0.717) is 24.5 Å². The molecule has 2 amide bonds. The Morgan fingerprint density at radius 2 is 1.65 bits per heavy atom. The van der Waals surface area contributed by atoms with E-state index in [9.17, 15) is 9.59 Å². The first-order valence-corrected chi connectivity index (χ1v) is 8.72. The maximum atomic E-state index is 13.0. The van der Waals surface area contributed by atoms with Gasteiger partial charge in [0.1, 0.15) is 16.5 Å². The molecule has 0 spiro atoms. The second-order valence-corrected chi connectivity index (χ2v) is 6.62. The Morgan fingerprint density at radius 3 is 2.35 bits per heavy atom. The van der Waals surface area contributed by atoms with Crippen molar-refractivity contribution >= 4 is 29.1 Å². The molecule has 0 N–H and O–H groups in total. The number of anilines is 1. The first kappa shape index (κ1) is 16.7. The molecule has 0 saturated heterocycles. The van der Waals surface area contributed by atoms with Crippen LogP contribution in [0.2, 0.25) is 0 Å². The molecule has 6 heteroatoms. The zero-order valence-corrected chi connectivity index (χ0v) is 15.0. The number of nitrogens with zero attached hydrogens (tertiary/aromatic N) is 2. The number of carbonyl (C=O) groups excluding carboxylic acids is 2. The average Bonchev–Trinajstić information content (AvgIpc) is 2.90. The molecule has 2 aliphatic rings. The topological polar surface area (TPSA) is 49.9 Å². The summed E-state index contributed by atoms with van der Waals surface area (Å²) in [4.78, 5) is 28.6. The number of carbonyl (C=O) groups is 2. The molecule has 0 bridgehead atoms. The Hall–Kier alpha value is -2.79. The van der Waals surface area contributed by atoms with Crippen molar-refractivity contribution in [3.8, 4) is 5.75 Å². The monoisotopic (exact) mass is 368 g/mol. The third-order valence-corrected chi connectivity index (χ3v) is 5.12. The van der Waals surface area contributed by atoms with Crippen molar-refractivity contribution in [3.63, 3.8) is 0 Å². The van der Waals surface area contributed by atoms with Gasteiger partial charge in [-0.15, -0.1) is 0 Å². The summed E-state index contributed by atoms with van der Waals surface area (Å²) in [6.45, 7) is 1.22. The van der Waals surface area contributed by atoms with Crippen LogP contribution in [-0.4, -0.2) is 30.4 Å². The molecule has 0 radical (unpaired) electrons. The van der Waals surface area contributed by atoms with Crippen molar-refractivity contribution in [2.24, 2.45) is 0 Å². The number of methoxy groups -OCH3 is 1. The normalized spacial score (nSPS) is 17.0. The van der Waals surface area contributed by atoms with Crippen molar-refractivity contribution in [2.75, 3.05) is 18.6 Å². The van der Waals surface area contributed by atoms with Crippen LogP contribution >= 0.6 is 11.6 Å². The second kappa shape index (κ2) is 6.50. The molecule has 26 heavy (non-hydrogen) atoms. The second-order valence-electron chi connectivity index (χ2n) is 6.25. The molecule has 0 fully saturated rings. The van der Waals surface area contributed by atoms with E-state index in [-0.39, 0.29) is 16.6 Å². The summed E-state index contributed by atoms with van der Waals surface area (Å²) >= 11 is 6.29. The quantitative estimate of drug-likeness (QED) is 0.781. The van der Waals surface area contributed by atoms with Gasteiger partial charge < -0.3 is 9.64 Å². The predicted molar refractivity (Wildman–Crippen MR) is 98.9 cm³/mol. The SMILES string of the molecule is COc1ccc(N2C(=O)C(Cl)=C(N3CCc4ccccc4C3)C2=O)cc1. The molecular formula is C20H17ClN2O3. The van der Waals surface area contributed by atoms with Crippen molar-refractivity contribution in [1.82, 2.24) is 4.90 Å². The van der Waals surface area contributed by atoms with Gasteiger partial charge in [0, 0.05) is 13.1 Å². The minimum atomic E-state index is -0.490. The lowest BCUT2D eigenvalue weighted by Crippen LogP contribution is -2.37. The highest BCUT2D eigenvalue weighted by atomic mass is 35.5. The van der Waals surface area contributed by atoms with Gasteiger partial charge in [0.15, 0.2) is 0 Å². The molecule has 4 rings (SSSR count). The minimum absolute atomic E-state index is 0.0230. The Balaban J connectivity index is 1.63. The fourth-order valence-corrected chi connectivity index (χ4v) is 3.70. The first-order chi connectivity index (χ1) is 12.6. The number of fused-ring (bicyclic) bond motifs is 1. The average molecular weight is 369 g/mol. The summed E-state index contributed by atoms with van der Waals surface area (Å²) in [5, 5.41) is -0.0230. The molecule has 0 atom stereocenters. The number of imide groups is 1. The molecule has 5 nitrogen and oxygen atoms in total. The third kappa shape index (κ3) is 2.65. The summed E-state index contributed by atoms with van der Waals surface area (Å²) in [5.74, 6) is -0.222. The molecule has 2 aliphatic heterocycles. The molecule has 2 aromatic carbocycles. The summed E-state index contributed by atoms with van der Waals surface area (Å²) in [5.41, 5.74) is 3.18. The van der Waals surface area contributed by atoms with E-state index in [2.05, 4.69) is 6.07 Å². The maximum absolute atomic E-state index is 13.0. The number of rotatable bonds is 3. The van der Waals surface area contributed by atoms with Crippen molar-refractivity contribution < 1.29 is 14.3 Å². The number of amides is 2. The third-order valence-electron chi connectivity index (χ3n) is 4.78. The number of hydrogen-bond donors (Lipinski definition) is 0. The van der Waals surface area contributed by atoms with Gasteiger partial charge >= 0.3 is 0 Å². The molecule has 2 heterocycles. The standard InChI is InChI=1S/C20H17ClN2O3/c1-26-16-8-6-15(7-9-16)23-19(24)17(21)18(20(23)25)22-11-10-13-4-2-3-5-14(13)12-22/h2-9H,10-12H2,1H3. The van der Waals surface area contributed by atoms with Crippen LogP contribution in [0.3, 0.4) is 0 Å². The highest BCUT2D eigenvalue weighted by molar-refractivity contribution is 6.52. The van der Waals surface area contributed by atoms with Gasteiger partial charge in [0.2, 0.25) is 0 Å². The largest absolute Gasteiger partial charge is 0.497 e. The molecule has 0 unspecified atom stereocenters. The van der Waals surface area contributed by atoms with E-state index in [4.69, 9.17) is 16.3 Å². The summed E-state index contributed by atoms with van der Waals surface area (Å²) < 4.78 is 5.12. The molecule has 2 aromatic rings. The molecule has 0 saturated carbocycles. The van der Waals surface area contributed by atoms with E-state index in [1.54, 1.807) is 31.4 Å². The Bertz CT molecular complexity index is 921. The van der Waals surface area contributed by atoms with Gasteiger partial charge in [0.25, 0.3) is 11.8 Å². The van der Waals surface area contributed by atoms with E-state index in [1.807, 2.05) is 23.1 Å². The van der Waals surface area contributed by atoms with Crippen molar-refractivity contribution in [3.05, 3.63) is 70.4 Å². The summed E-state index contributed by atoms with van der Waals surface area (Å²) in [6, 6.07) is 14.9. The zero-order chi connectivity index (χ0) is 18.3. The van der Waals surface area contributed by atoms with Gasteiger partial charge in [-0.2, -0.15) is 0 Å². The molecule has 0 aliphatic carbocycles. The molecular weight excluding hydrogens is 352 g/mol. The van der Waals surface area contributed by atoms with Gasteiger partial charge in [0.05, 0.1) is 12.8 Å². The Labute approximate surface area is 156 Å². The van der Waals surface area contributed by atoms with Crippen LogP contribution in [0.25, 0.3) is 0 Å². The lowest BCUT2D eigenvalue weighted by atomic mass is 9.99. The lowest BCUT2D eigenvalue weighted by molar-refractivity contribution is -0.121. The lowest BCUT2D eigenvalue weighted by Gasteiger charge is -2.31. The predicted octanol–water partition coefficient (Wildman–Crippen LogP) is 3.08. The number of halogens is 1. The van der Waals surface area contributed by atoms with Crippen LogP contribution in [0.5, 0.6) is 5.75 Å². The van der Waals surface area contributed by atoms with E-state index in [1.165, 1.54) is 5.56 Å². The van der Waals surface area contributed by atoms with Gasteiger partial charge in [-0.05, 0) is 41.8 Å². The first-order valence-electron chi connectivity index (χ1n) is 8.34. The Kier molecular flexibility index (Phi) is 4.17. The van der Waals surface area contributed by atoms with Crippen LogP contribution in [-0.2, 0) is 22.6 Å². The van der Waals surface area contributed by atoms with Crippen LogP contribution in [0.1, 0.15) is 11.1 Å². The summed E-state index contributed by atoms with van der Waals surface area (Å²) in [7, 11) is 1.56. The van der Waals surface area contributed by atoms with Crippen LogP contribution in [0, 0.1) is 0 Å². The zero-order valence-electron chi connectivity index (χ0n) is 14.2. The highest BCUT2D eigenvalue weighted by Gasteiger charge is 2.41. The number of benzene rings is 2. The van der Waals surface area contributed by atoms with E-state index >= 15 is 0 Å². The van der Waals surface area contributed by atoms with Crippen LogP contribution in [0.15, 0.2) is 59.3 Å². The minimum Gasteiger partial charge on any atom is -0.497 e.